The van der Waals surface area contributed by atoms with Crippen LogP contribution < -0.4 is 10.6 Å². The molecule has 0 aliphatic carbocycles. The highest BCUT2D eigenvalue weighted by atomic mass is 127. The van der Waals surface area contributed by atoms with Crippen molar-refractivity contribution >= 4 is 35.9 Å². The van der Waals surface area contributed by atoms with E-state index in [0.29, 0.717) is 26.0 Å². The molecule has 1 aromatic rings. The molecule has 0 saturated carbocycles. The van der Waals surface area contributed by atoms with Crippen molar-refractivity contribution in [3.05, 3.63) is 35.9 Å². The van der Waals surface area contributed by atoms with Crippen LogP contribution in [0.3, 0.4) is 0 Å². The number of halogens is 1. The Labute approximate surface area is 156 Å². The van der Waals surface area contributed by atoms with Crippen molar-refractivity contribution in [3.8, 4) is 0 Å². The average molecular weight is 433 g/mol. The molecule has 130 valence electrons. The monoisotopic (exact) mass is 433 g/mol. The second-order valence-electron chi connectivity index (χ2n) is 4.83. The molecule has 0 aliphatic heterocycles. The molecule has 0 fully saturated rings. The van der Waals surface area contributed by atoms with Gasteiger partial charge in [0.15, 0.2) is 5.96 Å². The van der Waals surface area contributed by atoms with E-state index >= 15 is 0 Å². The number of carbonyl (C=O) groups is 1. The SMILES string of the molecule is CCNC(=NCCCC(=O)OCC)NCCc1ccccc1.I. The fraction of sp³-hybridized carbons (Fsp3) is 0.529. The van der Waals surface area contributed by atoms with E-state index in [0.717, 1.165) is 25.5 Å². The van der Waals surface area contributed by atoms with Crippen LogP contribution >= 0.6 is 24.0 Å². The Hall–Kier alpha value is -1.31. The number of carbonyl (C=O) groups excluding carboxylic acids is 1. The highest BCUT2D eigenvalue weighted by Crippen LogP contribution is 1.98. The van der Waals surface area contributed by atoms with Crippen LogP contribution in [0.1, 0.15) is 32.3 Å². The second kappa shape index (κ2) is 14.3. The lowest BCUT2D eigenvalue weighted by molar-refractivity contribution is -0.143. The molecule has 5 nitrogen and oxygen atoms in total. The normalized spacial score (nSPS) is 10.6. The van der Waals surface area contributed by atoms with Crippen LogP contribution in [0, 0.1) is 0 Å². The van der Waals surface area contributed by atoms with E-state index in [2.05, 4.69) is 27.8 Å². The van der Waals surface area contributed by atoms with Gasteiger partial charge in [-0.2, -0.15) is 0 Å². The van der Waals surface area contributed by atoms with Gasteiger partial charge in [-0.15, -0.1) is 24.0 Å². The second-order valence-corrected chi connectivity index (χ2v) is 4.83. The number of hydrogen-bond acceptors (Lipinski definition) is 3. The zero-order valence-corrected chi connectivity index (χ0v) is 16.3. The molecule has 0 radical (unpaired) electrons. The maximum Gasteiger partial charge on any atom is 0.305 e. The smallest absolute Gasteiger partial charge is 0.305 e. The number of rotatable bonds is 9. The van der Waals surface area contributed by atoms with Gasteiger partial charge in [0.2, 0.25) is 0 Å². The zero-order chi connectivity index (χ0) is 16.0. The number of benzene rings is 1. The van der Waals surface area contributed by atoms with Crippen molar-refractivity contribution in [3.63, 3.8) is 0 Å². The number of ether oxygens (including phenoxy) is 1. The van der Waals surface area contributed by atoms with Crippen LogP contribution in [0.15, 0.2) is 35.3 Å². The highest BCUT2D eigenvalue weighted by molar-refractivity contribution is 14.0. The van der Waals surface area contributed by atoms with Crippen LogP contribution in [-0.2, 0) is 16.0 Å². The largest absolute Gasteiger partial charge is 0.466 e. The van der Waals surface area contributed by atoms with Gasteiger partial charge in [-0.25, -0.2) is 0 Å². The van der Waals surface area contributed by atoms with Crippen LogP contribution in [0.5, 0.6) is 0 Å². The fourth-order valence-corrected chi connectivity index (χ4v) is 1.96. The van der Waals surface area contributed by atoms with E-state index in [1.165, 1.54) is 5.56 Å². The number of nitrogens with zero attached hydrogens (tertiary/aromatic N) is 1. The molecular weight excluding hydrogens is 405 g/mol. The van der Waals surface area contributed by atoms with Gasteiger partial charge in [-0.05, 0) is 32.3 Å². The number of nitrogens with one attached hydrogen (secondary N) is 2. The van der Waals surface area contributed by atoms with E-state index in [1.54, 1.807) is 0 Å². The molecule has 0 unspecified atom stereocenters. The minimum atomic E-state index is -0.153. The highest BCUT2D eigenvalue weighted by Gasteiger charge is 2.01. The van der Waals surface area contributed by atoms with Crippen LogP contribution in [-0.4, -0.2) is 38.2 Å². The standard InChI is InChI=1S/C17H27N3O2.HI/c1-3-18-17(19-13-8-11-16(21)22-4-2)20-14-12-15-9-6-5-7-10-15;/h5-7,9-10H,3-4,8,11-14H2,1-2H3,(H2,18,19,20);1H. The molecule has 2 N–H and O–H groups in total. The average Bonchev–Trinajstić information content (AvgIpc) is 2.53. The van der Waals surface area contributed by atoms with Gasteiger partial charge in [-0.1, -0.05) is 30.3 Å². The van der Waals surface area contributed by atoms with Crippen molar-refractivity contribution in [2.45, 2.75) is 33.1 Å². The molecule has 0 spiro atoms. The van der Waals surface area contributed by atoms with Gasteiger partial charge >= 0.3 is 5.97 Å². The first-order chi connectivity index (χ1) is 10.8. The first-order valence-corrected chi connectivity index (χ1v) is 7.98. The van der Waals surface area contributed by atoms with Crippen molar-refractivity contribution in [2.75, 3.05) is 26.2 Å². The molecule has 0 atom stereocenters. The van der Waals surface area contributed by atoms with Gasteiger partial charge < -0.3 is 15.4 Å². The third kappa shape index (κ3) is 11.0. The van der Waals surface area contributed by atoms with Gasteiger partial charge in [0, 0.05) is 26.1 Å². The number of guanidine groups is 1. The molecule has 0 aliphatic rings. The molecule has 0 bridgehead atoms. The minimum Gasteiger partial charge on any atom is -0.466 e. The summed E-state index contributed by atoms with van der Waals surface area (Å²) in [6.07, 6.45) is 2.07. The zero-order valence-electron chi connectivity index (χ0n) is 14.0. The van der Waals surface area contributed by atoms with Crippen LogP contribution in [0.2, 0.25) is 0 Å². The maximum atomic E-state index is 11.2. The first kappa shape index (κ1) is 21.7. The topological polar surface area (TPSA) is 62.7 Å². The quantitative estimate of drug-likeness (QED) is 0.207. The Bertz CT molecular complexity index is 452. The molecular formula is C17H28IN3O2. The molecule has 0 saturated heterocycles. The summed E-state index contributed by atoms with van der Waals surface area (Å²) in [6, 6.07) is 10.3. The Morgan fingerprint density at radius 2 is 1.91 bits per heavy atom. The summed E-state index contributed by atoms with van der Waals surface area (Å²) >= 11 is 0. The molecule has 23 heavy (non-hydrogen) atoms. The van der Waals surface area contributed by atoms with Crippen molar-refractivity contribution in [2.24, 2.45) is 4.99 Å². The summed E-state index contributed by atoms with van der Waals surface area (Å²) in [7, 11) is 0. The third-order valence-corrected chi connectivity index (χ3v) is 3.01. The lowest BCUT2D eigenvalue weighted by Crippen LogP contribution is -2.38. The van der Waals surface area contributed by atoms with Crippen molar-refractivity contribution < 1.29 is 9.53 Å². The van der Waals surface area contributed by atoms with Gasteiger partial charge in [0.05, 0.1) is 6.61 Å². The van der Waals surface area contributed by atoms with Gasteiger partial charge in [0.25, 0.3) is 0 Å². The first-order valence-electron chi connectivity index (χ1n) is 7.98. The van der Waals surface area contributed by atoms with Crippen LogP contribution in [0.25, 0.3) is 0 Å². The van der Waals surface area contributed by atoms with Gasteiger partial charge in [-0.3, -0.25) is 9.79 Å². The summed E-state index contributed by atoms with van der Waals surface area (Å²) in [5.74, 6) is 0.641. The Balaban J connectivity index is 0.00000484. The van der Waals surface area contributed by atoms with E-state index < -0.39 is 0 Å². The molecule has 1 rings (SSSR count). The third-order valence-electron chi connectivity index (χ3n) is 3.01. The van der Waals surface area contributed by atoms with E-state index in [1.807, 2.05) is 32.0 Å². The maximum absolute atomic E-state index is 11.2. The molecule has 1 aromatic carbocycles. The number of hydrogen-bond donors (Lipinski definition) is 2. The fourth-order valence-electron chi connectivity index (χ4n) is 1.96. The molecule has 0 aromatic heterocycles. The van der Waals surface area contributed by atoms with Crippen LogP contribution in [0.4, 0.5) is 0 Å². The van der Waals surface area contributed by atoms with E-state index in [-0.39, 0.29) is 29.9 Å². The molecule has 6 heteroatoms. The Morgan fingerprint density at radius 1 is 1.17 bits per heavy atom. The lowest BCUT2D eigenvalue weighted by Gasteiger charge is -2.11. The predicted octanol–water partition coefficient (Wildman–Crippen LogP) is 2.75. The van der Waals surface area contributed by atoms with Crippen molar-refractivity contribution in [1.29, 1.82) is 0 Å². The summed E-state index contributed by atoms with van der Waals surface area (Å²) in [4.78, 5) is 15.7. The molecule has 0 heterocycles. The Morgan fingerprint density at radius 3 is 2.57 bits per heavy atom. The summed E-state index contributed by atoms with van der Waals surface area (Å²) < 4.78 is 4.89. The molecule has 0 amide bonds. The van der Waals surface area contributed by atoms with E-state index in [4.69, 9.17) is 4.74 Å². The van der Waals surface area contributed by atoms with Gasteiger partial charge in [0.1, 0.15) is 0 Å². The number of esters is 1. The summed E-state index contributed by atoms with van der Waals surface area (Å²) in [5.41, 5.74) is 1.30. The summed E-state index contributed by atoms with van der Waals surface area (Å²) in [6.45, 7) is 6.54. The Kier molecular flexibility index (Phi) is 13.5. The minimum absolute atomic E-state index is 0. The number of aliphatic imine (C=N–C) groups is 1. The lowest BCUT2D eigenvalue weighted by atomic mass is 10.1. The predicted molar refractivity (Wildman–Crippen MR) is 105 cm³/mol. The van der Waals surface area contributed by atoms with E-state index in [9.17, 15) is 4.79 Å². The van der Waals surface area contributed by atoms with Crippen molar-refractivity contribution in [1.82, 2.24) is 10.6 Å². The summed E-state index contributed by atoms with van der Waals surface area (Å²) in [5, 5.41) is 6.51.